The summed E-state index contributed by atoms with van der Waals surface area (Å²) in [6, 6.07) is 19.9. The molecular weight excluding hydrogens is 425 g/mol. The molecule has 4 rings (SSSR count). The predicted molar refractivity (Wildman–Crippen MR) is 117 cm³/mol. The second kappa shape index (κ2) is 8.73. The molecule has 3 aromatic carbocycles. The van der Waals surface area contributed by atoms with Crippen LogP contribution in [0.4, 0.5) is 14.9 Å². The summed E-state index contributed by atoms with van der Waals surface area (Å²) in [5.41, 5.74) is 1.98. The van der Waals surface area contributed by atoms with E-state index in [1.807, 2.05) is 24.3 Å². The number of amides is 2. The van der Waals surface area contributed by atoms with Gasteiger partial charge in [-0.05, 0) is 65.9 Å². The third-order valence-electron chi connectivity index (χ3n) is 4.41. The number of halogens is 2. The van der Waals surface area contributed by atoms with Crippen molar-refractivity contribution in [3.05, 3.63) is 99.7 Å². The van der Waals surface area contributed by atoms with E-state index in [9.17, 15) is 14.0 Å². The third kappa shape index (κ3) is 4.40. The summed E-state index contributed by atoms with van der Waals surface area (Å²) >= 11 is 6.98. The standard InChI is InChI=1S/C23H15ClFNO3S/c24-20-4-2-1-3-16(20)14-29-19-11-5-15(6-12-19)13-21-22(27)26(23(28)30-21)18-9-7-17(25)8-10-18/h1-13H,14H2/b21-13-. The molecule has 0 aromatic heterocycles. The van der Waals surface area contributed by atoms with Crippen molar-refractivity contribution in [3.8, 4) is 5.75 Å². The molecule has 3 aromatic rings. The summed E-state index contributed by atoms with van der Waals surface area (Å²) in [4.78, 5) is 26.3. The molecule has 1 heterocycles. The van der Waals surface area contributed by atoms with Gasteiger partial charge in [0.05, 0.1) is 10.6 Å². The molecule has 0 atom stereocenters. The Morgan fingerprint density at radius 3 is 2.37 bits per heavy atom. The predicted octanol–water partition coefficient (Wildman–Crippen LogP) is 6.30. The maximum atomic E-state index is 13.1. The minimum Gasteiger partial charge on any atom is -0.489 e. The summed E-state index contributed by atoms with van der Waals surface area (Å²) in [5.74, 6) is -0.208. The van der Waals surface area contributed by atoms with Crippen molar-refractivity contribution in [1.82, 2.24) is 0 Å². The van der Waals surface area contributed by atoms with Gasteiger partial charge in [0.1, 0.15) is 18.2 Å². The number of carbonyl (C=O) groups is 2. The minimum absolute atomic E-state index is 0.300. The number of anilines is 1. The summed E-state index contributed by atoms with van der Waals surface area (Å²) in [7, 11) is 0. The highest BCUT2D eigenvalue weighted by molar-refractivity contribution is 8.19. The smallest absolute Gasteiger partial charge is 0.298 e. The van der Waals surface area contributed by atoms with Crippen LogP contribution in [0.5, 0.6) is 5.75 Å². The first kappa shape index (κ1) is 20.2. The molecule has 0 saturated carbocycles. The fourth-order valence-electron chi connectivity index (χ4n) is 2.87. The maximum Gasteiger partial charge on any atom is 0.298 e. The van der Waals surface area contributed by atoms with Crippen molar-refractivity contribution in [1.29, 1.82) is 0 Å². The quantitative estimate of drug-likeness (QED) is 0.438. The monoisotopic (exact) mass is 439 g/mol. The van der Waals surface area contributed by atoms with Crippen LogP contribution < -0.4 is 9.64 Å². The Morgan fingerprint density at radius 1 is 0.967 bits per heavy atom. The molecule has 30 heavy (non-hydrogen) atoms. The molecule has 150 valence electrons. The average Bonchev–Trinajstić information content (AvgIpc) is 3.02. The topological polar surface area (TPSA) is 46.6 Å². The Kier molecular flexibility index (Phi) is 5.88. The van der Waals surface area contributed by atoms with Crippen LogP contribution >= 0.6 is 23.4 Å². The SMILES string of the molecule is O=C1S/C(=C\c2ccc(OCc3ccccc3Cl)cc2)C(=O)N1c1ccc(F)cc1. The number of rotatable bonds is 5. The van der Waals surface area contributed by atoms with Gasteiger partial charge < -0.3 is 4.74 Å². The normalized spacial score (nSPS) is 15.1. The fourth-order valence-corrected chi connectivity index (χ4v) is 3.90. The molecule has 0 spiro atoms. The molecule has 1 saturated heterocycles. The van der Waals surface area contributed by atoms with Crippen LogP contribution in [0.3, 0.4) is 0 Å². The largest absolute Gasteiger partial charge is 0.489 e. The Hall–Kier alpha value is -3.09. The second-order valence-electron chi connectivity index (χ2n) is 6.44. The van der Waals surface area contributed by atoms with Crippen LogP contribution in [0.1, 0.15) is 11.1 Å². The number of hydrogen-bond donors (Lipinski definition) is 0. The van der Waals surface area contributed by atoms with Crippen molar-refractivity contribution in [3.63, 3.8) is 0 Å². The average molecular weight is 440 g/mol. The van der Waals surface area contributed by atoms with Crippen LogP contribution in [0, 0.1) is 5.82 Å². The molecule has 1 aliphatic rings. The van der Waals surface area contributed by atoms with E-state index in [1.165, 1.54) is 24.3 Å². The van der Waals surface area contributed by atoms with Crippen LogP contribution in [-0.4, -0.2) is 11.1 Å². The molecule has 2 amide bonds. The van der Waals surface area contributed by atoms with E-state index >= 15 is 0 Å². The summed E-state index contributed by atoms with van der Waals surface area (Å²) < 4.78 is 18.9. The summed E-state index contributed by atoms with van der Waals surface area (Å²) in [6.07, 6.45) is 1.65. The fraction of sp³-hybridized carbons (Fsp3) is 0.0435. The van der Waals surface area contributed by atoms with Crippen LogP contribution in [0.2, 0.25) is 5.02 Å². The second-order valence-corrected chi connectivity index (χ2v) is 7.84. The molecule has 0 unspecified atom stereocenters. The highest BCUT2D eigenvalue weighted by Crippen LogP contribution is 2.35. The van der Waals surface area contributed by atoms with Gasteiger partial charge >= 0.3 is 0 Å². The van der Waals surface area contributed by atoms with Gasteiger partial charge in [0.25, 0.3) is 11.1 Å². The van der Waals surface area contributed by atoms with Gasteiger partial charge in [-0.1, -0.05) is 41.9 Å². The molecule has 0 bridgehead atoms. The van der Waals surface area contributed by atoms with Gasteiger partial charge in [-0.25, -0.2) is 9.29 Å². The van der Waals surface area contributed by atoms with Crippen molar-refractivity contribution >= 4 is 46.3 Å². The Morgan fingerprint density at radius 2 is 1.67 bits per heavy atom. The van der Waals surface area contributed by atoms with E-state index in [-0.39, 0.29) is 0 Å². The zero-order valence-corrected chi connectivity index (χ0v) is 17.1. The van der Waals surface area contributed by atoms with E-state index in [4.69, 9.17) is 16.3 Å². The number of carbonyl (C=O) groups excluding carboxylic acids is 2. The Balaban J connectivity index is 1.46. The number of ether oxygens (including phenoxy) is 1. The molecule has 1 aliphatic heterocycles. The molecular formula is C23H15ClFNO3S. The maximum absolute atomic E-state index is 13.1. The Labute approximate surface area is 181 Å². The van der Waals surface area contributed by atoms with Crippen molar-refractivity contribution in [2.45, 2.75) is 6.61 Å². The van der Waals surface area contributed by atoms with Gasteiger partial charge in [0, 0.05) is 10.6 Å². The van der Waals surface area contributed by atoms with Crippen LogP contribution in [-0.2, 0) is 11.4 Å². The lowest BCUT2D eigenvalue weighted by Crippen LogP contribution is -2.27. The Bertz CT molecular complexity index is 1130. The van der Waals surface area contributed by atoms with Crippen molar-refractivity contribution < 1.29 is 18.7 Å². The van der Waals surface area contributed by atoms with Gasteiger partial charge in [0.2, 0.25) is 0 Å². The molecule has 0 N–H and O–H groups in total. The van der Waals surface area contributed by atoms with Crippen LogP contribution in [0.25, 0.3) is 6.08 Å². The lowest BCUT2D eigenvalue weighted by molar-refractivity contribution is -0.113. The van der Waals surface area contributed by atoms with E-state index in [0.717, 1.165) is 27.8 Å². The molecule has 0 aliphatic carbocycles. The van der Waals surface area contributed by atoms with Crippen LogP contribution in [0.15, 0.2) is 77.7 Å². The molecule has 4 nitrogen and oxygen atoms in total. The molecule has 7 heteroatoms. The number of benzene rings is 3. The summed E-state index contributed by atoms with van der Waals surface area (Å²) in [6.45, 7) is 0.343. The van der Waals surface area contributed by atoms with Crippen molar-refractivity contribution in [2.75, 3.05) is 4.90 Å². The highest BCUT2D eigenvalue weighted by Gasteiger charge is 2.36. The number of nitrogens with zero attached hydrogens (tertiary/aromatic N) is 1. The molecule has 1 fully saturated rings. The first-order valence-electron chi connectivity index (χ1n) is 9.01. The number of hydrogen-bond acceptors (Lipinski definition) is 4. The van der Waals surface area contributed by atoms with Gasteiger partial charge in [0.15, 0.2) is 0 Å². The number of thioether (sulfide) groups is 1. The van der Waals surface area contributed by atoms with Gasteiger partial charge in [-0.15, -0.1) is 0 Å². The van der Waals surface area contributed by atoms with Gasteiger partial charge in [-0.3, -0.25) is 9.59 Å². The van der Waals surface area contributed by atoms with E-state index < -0.39 is 17.0 Å². The van der Waals surface area contributed by atoms with E-state index in [1.54, 1.807) is 30.3 Å². The lowest BCUT2D eigenvalue weighted by Gasteiger charge is -2.11. The zero-order valence-electron chi connectivity index (χ0n) is 15.5. The van der Waals surface area contributed by atoms with E-state index in [0.29, 0.717) is 28.0 Å². The summed E-state index contributed by atoms with van der Waals surface area (Å²) in [5, 5.41) is 0.226. The van der Waals surface area contributed by atoms with Gasteiger partial charge in [-0.2, -0.15) is 0 Å². The van der Waals surface area contributed by atoms with E-state index in [2.05, 4.69) is 0 Å². The first-order valence-corrected chi connectivity index (χ1v) is 10.2. The van der Waals surface area contributed by atoms with Crippen molar-refractivity contribution in [2.24, 2.45) is 0 Å². The zero-order chi connectivity index (χ0) is 21.1. The first-order chi connectivity index (χ1) is 14.5. The molecule has 0 radical (unpaired) electrons. The lowest BCUT2D eigenvalue weighted by atomic mass is 10.2. The number of imide groups is 1. The third-order valence-corrected chi connectivity index (χ3v) is 5.65. The minimum atomic E-state index is -0.435. The highest BCUT2D eigenvalue weighted by atomic mass is 35.5.